The lowest BCUT2D eigenvalue weighted by atomic mass is 9.53. The molecule has 0 aromatic heterocycles. The number of Topliss-reactive ketones (excluding diaryl/α,β-unsaturated/α-hetero) is 1. The fraction of sp³-hybridized carbons (Fsp3) is 0.429. The van der Waals surface area contributed by atoms with E-state index in [9.17, 15) is 30.0 Å². The summed E-state index contributed by atoms with van der Waals surface area (Å²) in [5, 5.41) is 42.8. The Morgan fingerprint density at radius 2 is 1.79 bits per heavy atom. The van der Waals surface area contributed by atoms with E-state index in [2.05, 4.69) is 6.58 Å². The molecule has 3 rings (SSSR count). The Labute approximate surface area is 162 Å². The van der Waals surface area contributed by atoms with Crippen LogP contribution in [0.15, 0.2) is 24.0 Å². The van der Waals surface area contributed by atoms with Crippen molar-refractivity contribution in [3.05, 3.63) is 40.7 Å². The average molecular weight is 388 g/mol. The maximum atomic E-state index is 13.0. The molecule has 150 valence electrons. The minimum atomic E-state index is -1.28. The predicted molar refractivity (Wildman–Crippen MR) is 101 cm³/mol. The van der Waals surface area contributed by atoms with E-state index in [1.165, 1.54) is 13.2 Å². The van der Waals surface area contributed by atoms with E-state index in [0.29, 0.717) is 19.3 Å². The summed E-state index contributed by atoms with van der Waals surface area (Å²) < 4.78 is 4.92. The van der Waals surface area contributed by atoms with E-state index in [-0.39, 0.29) is 28.7 Å². The molecule has 1 fully saturated rings. The maximum absolute atomic E-state index is 13.0. The van der Waals surface area contributed by atoms with Gasteiger partial charge in [-0.15, -0.1) is 6.58 Å². The van der Waals surface area contributed by atoms with Gasteiger partial charge in [0, 0.05) is 22.1 Å². The minimum absolute atomic E-state index is 0.0136. The number of carbonyl (C=O) groups excluding carboxylic acids is 2. The van der Waals surface area contributed by atoms with Crippen LogP contribution in [0.3, 0.4) is 0 Å². The van der Waals surface area contributed by atoms with Crippen LogP contribution in [0.4, 0.5) is 0 Å². The van der Waals surface area contributed by atoms with Gasteiger partial charge in [-0.2, -0.15) is 0 Å². The first-order valence-electron chi connectivity index (χ1n) is 9.04. The monoisotopic (exact) mass is 388 g/mol. The van der Waals surface area contributed by atoms with Crippen LogP contribution in [0.5, 0.6) is 17.2 Å². The first-order valence-corrected chi connectivity index (χ1v) is 9.04. The Morgan fingerprint density at radius 3 is 2.36 bits per heavy atom. The molecule has 2 unspecified atom stereocenters. The van der Waals surface area contributed by atoms with Gasteiger partial charge in [-0.25, -0.2) is 0 Å². The molecule has 1 saturated carbocycles. The fourth-order valence-electron chi connectivity index (χ4n) is 4.95. The number of rotatable bonds is 3. The number of ketones is 1. The first kappa shape index (κ1) is 19.8. The number of aliphatic hydroxyl groups is 1. The van der Waals surface area contributed by atoms with Gasteiger partial charge in [0.25, 0.3) is 0 Å². The number of esters is 1. The summed E-state index contributed by atoms with van der Waals surface area (Å²) in [5.41, 5.74) is -2.59. The summed E-state index contributed by atoms with van der Waals surface area (Å²) in [4.78, 5) is 25.6. The van der Waals surface area contributed by atoms with Gasteiger partial charge in [0.1, 0.15) is 5.75 Å². The third-order valence-electron chi connectivity index (χ3n) is 6.19. The lowest BCUT2D eigenvalue weighted by molar-refractivity contribution is -0.151. The van der Waals surface area contributed by atoms with Gasteiger partial charge in [0.2, 0.25) is 5.78 Å². The molecule has 0 spiro atoms. The molecule has 0 heterocycles. The van der Waals surface area contributed by atoms with Crippen molar-refractivity contribution in [3.8, 4) is 17.2 Å². The van der Waals surface area contributed by atoms with Crippen LogP contribution in [-0.4, -0.2) is 39.3 Å². The highest BCUT2D eigenvalue weighted by Crippen LogP contribution is 2.61. The summed E-state index contributed by atoms with van der Waals surface area (Å²) >= 11 is 0. The molecule has 2 atom stereocenters. The molecule has 0 aliphatic heterocycles. The Hall–Kier alpha value is -2.96. The van der Waals surface area contributed by atoms with E-state index in [1.807, 2.05) is 0 Å². The second kappa shape index (κ2) is 6.29. The van der Waals surface area contributed by atoms with E-state index < -0.39 is 45.6 Å². The standard InChI is InChI=1S/C21H24O7/c1-5-7-10-13(22)11-12(16(25)14(10)23)20(2)8-6-9-21(3,19(27)28-4)18(20)17(26)15(11)24/h5,22-23,25-26H,1,6-9H2,2-4H3. The summed E-state index contributed by atoms with van der Waals surface area (Å²) in [6.45, 7) is 6.80. The number of hydrogen-bond donors (Lipinski definition) is 4. The molecule has 2 aliphatic rings. The zero-order valence-electron chi connectivity index (χ0n) is 16.1. The van der Waals surface area contributed by atoms with Crippen molar-refractivity contribution in [3.63, 3.8) is 0 Å². The second-order valence-corrected chi connectivity index (χ2v) is 7.83. The predicted octanol–water partition coefficient (Wildman–Crippen LogP) is 3.16. The summed E-state index contributed by atoms with van der Waals surface area (Å²) in [6.07, 6.45) is 2.71. The molecule has 0 amide bonds. The SMILES string of the molecule is C=CCc1c(O)c(O)c2c(c1O)C(=O)C(O)=C1C(C)(C(=O)OC)CCCC12C. The van der Waals surface area contributed by atoms with Gasteiger partial charge in [-0.1, -0.05) is 19.4 Å². The lowest BCUT2D eigenvalue weighted by Crippen LogP contribution is -2.48. The summed E-state index contributed by atoms with van der Waals surface area (Å²) in [5.74, 6) is -3.74. The van der Waals surface area contributed by atoms with Gasteiger partial charge in [-0.3, -0.25) is 9.59 Å². The number of fused-ring (bicyclic) bond motifs is 3. The number of aromatic hydroxyl groups is 3. The molecule has 7 nitrogen and oxygen atoms in total. The highest BCUT2D eigenvalue weighted by Gasteiger charge is 2.57. The van der Waals surface area contributed by atoms with Crippen LogP contribution in [0.1, 0.15) is 54.6 Å². The van der Waals surface area contributed by atoms with Crippen LogP contribution in [0.25, 0.3) is 0 Å². The highest BCUT2D eigenvalue weighted by atomic mass is 16.5. The normalized spacial score (nSPS) is 26.5. The summed E-state index contributed by atoms with van der Waals surface area (Å²) in [6, 6.07) is 0. The number of carbonyl (C=O) groups is 2. The maximum Gasteiger partial charge on any atom is 0.315 e. The van der Waals surface area contributed by atoms with E-state index in [4.69, 9.17) is 4.74 Å². The Morgan fingerprint density at radius 1 is 1.14 bits per heavy atom. The largest absolute Gasteiger partial charge is 0.507 e. The topological polar surface area (TPSA) is 124 Å². The van der Waals surface area contributed by atoms with Crippen molar-refractivity contribution >= 4 is 11.8 Å². The summed E-state index contributed by atoms with van der Waals surface area (Å²) in [7, 11) is 1.23. The molecule has 0 radical (unpaired) electrons. The van der Waals surface area contributed by atoms with Crippen LogP contribution >= 0.6 is 0 Å². The Balaban J connectivity index is 2.42. The van der Waals surface area contributed by atoms with Crippen molar-refractivity contribution in [2.24, 2.45) is 5.41 Å². The molecule has 7 heteroatoms. The van der Waals surface area contributed by atoms with Crippen molar-refractivity contribution in [1.82, 2.24) is 0 Å². The molecule has 2 aliphatic carbocycles. The van der Waals surface area contributed by atoms with Crippen molar-refractivity contribution in [1.29, 1.82) is 0 Å². The number of allylic oxidation sites excluding steroid dienone is 2. The van der Waals surface area contributed by atoms with Crippen molar-refractivity contribution in [2.45, 2.75) is 44.9 Å². The van der Waals surface area contributed by atoms with Crippen LogP contribution in [0.2, 0.25) is 0 Å². The molecular weight excluding hydrogens is 364 g/mol. The number of ether oxygens (including phenoxy) is 1. The quantitative estimate of drug-likeness (QED) is 0.271. The fourth-order valence-corrected chi connectivity index (χ4v) is 4.95. The van der Waals surface area contributed by atoms with Crippen LogP contribution < -0.4 is 0 Å². The van der Waals surface area contributed by atoms with Crippen molar-refractivity contribution in [2.75, 3.05) is 7.11 Å². The van der Waals surface area contributed by atoms with Crippen molar-refractivity contribution < 1.29 is 34.8 Å². The molecular formula is C21H24O7. The minimum Gasteiger partial charge on any atom is -0.507 e. The third kappa shape index (κ3) is 2.28. The Kier molecular flexibility index (Phi) is 4.45. The van der Waals surface area contributed by atoms with Gasteiger partial charge in [0.05, 0.1) is 18.1 Å². The number of phenolic OH excluding ortho intramolecular Hbond substituents is 3. The number of methoxy groups -OCH3 is 1. The molecule has 0 bridgehead atoms. The molecule has 1 aromatic carbocycles. The van der Waals surface area contributed by atoms with E-state index in [1.54, 1.807) is 13.8 Å². The number of hydrogen-bond acceptors (Lipinski definition) is 7. The van der Waals surface area contributed by atoms with E-state index >= 15 is 0 Å². The van der Waals surface area contributed by atoms with Gasteiger partial charge in [0.15, 0.2) is 17.3 Å². The van der Waals surface area contributed by atoms with E-state index in [0.717, 1.165) is 0 Å². The zero-order chi connectivity index (χ0) is 21.0. The number of aliphatic hydroxyl groups excluding tert-OH is 1. The average Bonchev–Trinajstić information content (AvgIpc) is 2.65. The molecule has 1 aromatic rings. The molecule has 4 N–H and O–H groups in total. The Bertz CT molecular complexity index is 943. The van der Waals surface area contributed by atoms with Gasteiger partial charge < -0.3 is 25.2 Å². The van der Waals surface area contributed by atoms with Crippen LogP contribution in [-0.2, 0) is 21.4 Å². The third-order valence-corrected chi connectivity index (χ3v) is 6.19. The number of phenols is 3. The number of benzene rings is 1. The molecule has 0 saturated heterocycles. The van der Waals surface area contributed by atoms with Gasteiger partial charge >= 0.3 is 5.97 Å². The zero-order valence-corrected chi connectivity index (χ0v) is 16.1. The highest BCUT2D eigenvalue weighted by molar-refractivity contribution is 6.14. The smallest absolute Gasteiger partial charge is 0.315 e. The van der Waals surface area contributed by atoms with Crippen LogP contribution in [0, 0.1) is 5.41 Å². The lowest BCUT2D eigenvalue weighted by Gasteiger charge is -2.48. The van der Waals surface area contributed by atoms with Gasteiger partial charge in [-0.05, 0) is 26.2 Å². The molecule has 28 heavy (non-hydrogen) atoms. The second-order valence-electron chi connectivity index (χ2n) is 7.83. The first-order chi connectivity index (χ1) is 13.1.